The first-order valence-electron chi connectivity index (χ1n) is 7.72. The van der Waals surface area contributed by atoms with Crippen molar-refractivity contribution in [2.24, 2.45) is 0 Å². The van der Waals surface area contributed by atoms with Gasteiger partial charge in [0.2, 0.25) is 0 Å². The minimum Gasteiger partial charge on any atom is -0.376 e. The molecule has 3 rings (SSSR count). The second-order valence-electron chi connectivity index (χ2n) is 6.09. The van der Waals surface area contributed by atoms with Crippen LogP contribution >= 0.6 is 0 Å². The molecule has 0 amide bonds. The predicted molar refractivity (Wildman–Crippen MR) is 83.3 cm³/mol. The third-order valence-corrected chi connectivity index (χ3v) is 5.73. The second kappa shape index (κ2) is 6.07. The molecule has 8 heteroatoms. The Labute approximate surface area is 139 Å². The molecular formula is C16H18F3NO3S. The summed E-state index contributed by atoms with van der Waals surface area (Å²) in [6.45, 7) is 5.42. The average molecular weight is 361 g/mol. The number of hydrogen-bond donors (Lipinski definition) is 0. The van der Waals surface area contributed by atoms with Gasteiger partial charge in [-0.15, -0.1) is 6.58 Å². The zero-order valence-electron chi connectivity index (χ0n) is 12.9. The van der Waals surface area contributed by atoms with E-state index in [2.05, 4.69) is 15.7 Å². The van der Waals surface area contributed by atoms with E-state index >= 15 is 0 Å². The fourth-order valence-electron chi connectivity index (χ4n) is 3.79. The lowest BCUT2D eigenvalue weighted by Crippen LogP contribution is -2.35. The highest BCUT2D eigenvalue weighted by atomic mass is 32.2. The van der Waals surface area contributed by atoms with Crippen LogP contribution < -0.4 is 4.18 Å². The molecule has 0 spiro atoms. The van der Waals surface area contributed by atoms with Crippen LogP contribution in [-0.4, -0.2) is 38.0 Å². The molecule has 1 aliphatic carbocycles. The van der Waals surface area contributed by atoms with E-state index in [4.69, 9.17) is 0 Å². The fourth-order valence-corrected chi connectivity index (χ4v) is 4.28. The number of nitrogens with zero attached hydrogens (tertiary/aromatic N) is 1. The molecule has 24 heavy (non-hydrogen) atoms. The Hall–Kier alpha value is -1.54. The molecule has 0 N–H and O–H groups in total. The number of fused-ring (bicyclic) bond motifs is 3. The summed E-state index contributed by atoms with van der Waals surface area (Å²) < 4.78 is 64.7. The summed E-state index contributed by atoms with van der Waals surface area (Å²) in [5.41, 5.74) is -3.96. The highest BCUT2D eigenvalue weighted by Gasteiger charge is 2.49. The third-order valence-electron chi connectivity index (χ3n) is 4.77. The summed E-state index contributed by atoms with van der Waals surface area (Å²) in [5.74, 6) is -0.0173. The Morgan fingerprint density at radius 3 is 2.75 bits per heavy atom. The van der Waals surface area contributed by atoms with Crippen LogP contribution in [0.25, 0.3) is 0 Å². The molecule has 1 saturated heterocycles. The Balaban J connectivity index is 1.92. The largest absolute Gasteiger partial charge is 0.534 e. The number of benzene rings is 1. The van der Waals surface area contributed by atoms with E-state index in [1.165, 1.54) is 6.07 Å². The summed E-state index contributed by atoms with van der Waals surface area (Å²) in [4.78, 5) is 2.31. The first-order valence-corrected chi connectivity index (χ1v) is 9.13. The molecule has 0 aromatic heterocycles. The Kier molecular flexibility index (Phi) is 4.37. The fraction of sp³-hybridized carbons (Fsp3) is 0.500. The summed E-state index contributed by atoms with van der Waals surface area (Å²) in [7, 11) is -5.65. The van der Waals surface area contributed by atoms with Crippen molar-refractivity contribution in [2.75, 3.05) is 13.1 Å². The van der Waals surface area contributed by atoms with Gasteiger partial charge in [-0.2, -0.15) is 21.6 Å². The molecule has 1 fully saturated rings. The lowest BCUT2D eigenvalue weighted by Gasteiger charge is -2.33. The van der Waals surface area contributed by atoms with E-state index in [1.54, 1.807) is 6.07 Å². The standard InChI is InChI=1S/C16H18F3NO3S/c1-2-9-20-10-8-12-11-4-3-5-15(13(11)6-7-14(12)20)23-24(21,22)16(17,18)19/h2-5,12,14H,1,6-10H2/t12-,14-/m0/s1. The average Bonchev–Trinajstić information content (AvgIpc) is 2.90. The van der Waals surface area contributed by atoms with Crippen LogP contribution in [0.15, 0.2) is 30.9 Å². The molecule has 2 aliphatic rings. The van der Waals surface area contributed by atoms with Crippen molar-refractivity contribution in [3.05, 3.63) is 42.0 Å². The van der Waals surface area contributed by atoms with Crippen molar-refractivity contribution >= 4 is 10.1 Å². The van der Waals surface area contributed by atoms with Gasteiger partial charge in [-0.05, 0) is 43.0 Å². The van der Waals surface area contributed by atoms with Crippen LogP contribution in [0, 0.1) is 0 Å². The van der Waals surface area contributed by atoms with E-state index in [1.807, 2.05) is 12.1 Å². The molecular weight excluding hydrogens is 343 g/mol. The van der Waals surface area contributed by atoms with Gasteiger partial charge >= 0.3 is 15.6 Å². The second-order valence-corrected chi connectivity index (χ2v) is 7.63. The van der Waals surface area contributed by atoms with E-state index < -0.39 is 15.6 Å². The van der Waals surface area contributed by atoms with Gasteiger partial charge in [0.25, 0.3) is 0 Å². The van der Waals surface area contributed by atoms with E-state index in [-0.39, 0.29) is 11.7 Å². The quantitative estimate of drug-likeness (QED) is 0.469. The smallest absolute Gasteiger partial charge is 0.376 e. The van der Waals surface area contributed by atoms with Gasteiger partial charge in [-0.1, -0.05) is 18.2 Å². The molecule has 0 unspecified atom stereocenters. The van der Waals surface area contributed by atoms with E-state index in [9.17, 15) is 21.6 Å². The van der Waals surface area contributed by atoms with Crippen LogP contribution in [0.2, 0.25) is 0 Å². The van der Waals surface area contributed by atoms with Crippen LogP contribution in [0.5, 0.6) is 5.75 Å². The maximum absolute atomic E-state index is 12.6. The Morgan fingerprint density at radius 2 is 2.08 bits per heavy atom. The highest BCUT2D eigenvalue weighted by Crippen LogP contribution is 2.44. The van der Waals surface area contributed by atoms with Gasteiger partial charge in [0.05, 0.1) is 0 Å². The van der Waals surface area contributed by atoms with Gasteiger partial charge < -0.3 is 4.18 Å². The molecule has 2 atom stereocenters. The Bertz CT molecular complexity index is 745. The molecule has 4 nitrogen and oxygen atoms in total. The topological polar surface area (TPSA) is 46.6 Å². The van der Waals surface area contributed by atoms with Gasteiger partial charge in [0.1, 0.15) is 5.75 Å². The summed E-state index contributed by atoms with van der Waals surface area (Å²) in [5, 5.41) is 0. The first kappa shape index (κ1) is 17.3. The first-order chi connectivity index (χ1) is 11.2. The van der Waals surface area contributed by atoms with Crippen LogP contribution in [0.1, 0.15) is 29.9 Å². The number of rotatable bonds is 4. The van der Waals surface area contributed by atoms with Gasteiger partial charge in [-0.25, -0.2) is 0 Å². The normalized spacial score (nSPS) is 24.3. The summed E-state index contributed by atoms with van der Waals surface area (Å²) in [6.07, 6.45) is 3.99. The van der Waals surface area contributed by atoms with Crippen LogP contribution in [-0.2, 0) is 16.5 Å². The number of hydrogen-bond acceptors (Lipinski definition) is 4. The van der Waals surface area contributed by atoms with Gasteiger partial charge in [0.15, 0.2) is 0 Å². The minimum absolute atomic E-state index is 0.186. The van der Waals surface area contributed by atoms with E-state index in [0.717, 1.165) is 31.5 Å². The van der Waals surface area contributed by atoms with E-state index in [0.29, 0.717) is 18.0 Å². The molecule has 0 radical (unpaired) electrons. The lowest BCUT2D eigenvalue weighted by atomic mass is 9.79. The molecule has 132 valence electrons. The maximum atomic E-state index is 12.6. The highest BCUT2D eigenvalue weighted by molar-refractivity contribution is 7.88. The van der Waals surface area contributed by atoms with Crippen molar-refractivity contribution < 1.29 is 25.8 Å². The lowest BCUT2D eigenvalue weighted by molar-refractivity contribution is -0.0500. The number of halogens is 3. The maximum Gasteiger partial charge on any atom is 0.534 e. The summed E-state index contributed by atoms with van der Waals surface area (Å²) >= 11 is 0. The molecule has 1 aromatic rings. The van der Waals surface area contributed by atoms with Crippen molar-refractivity contribution in [1.29, 1.82) is 0 Å². The van der Waals surface area contributed by atoms with Gasteiger partial charge in [0, 0.05) is 18.5 Å². The van der Waals surface area contributed by atoms with Gasteiger partial charge in [-0.3, -0.25) is 4.90 Å². The summed E-state index contributed by atoms with van der Waals surface area (Å²) in [6, 6.07) is 5.01. The molecule has 0 saturated carbocycles. The minimum atomic E-state index is -5.65. The predicted octanol–water partition coefficient (Wildman–Crippen LogP) is 3.21. The van der Waals surface area contributed by atoms with Crippen molar-refractivity contribution in [3.8, 4) is 5.75 Å². The van der Waals surface area contributed by atoms with Crippen molar-refractivity contribution in [2.45, 2.75) is 36.7 Å². The zero-order chi connectivity index (χ0) is 17.5. The number of likely N-dealkylation sites (tertiary alicyclic amines) is 1. The number of alkyl halides is 3. The molecule has 0 bridgehead atoms. The van der Waals surface area contributed by atoms with Crippen molar-refractivity contribution in [1.82, 2.24) is 4.90 Å². The van der Waals surface area contributed by atoms with Crippen molar-refractivity contribution in [3.63, 3.8) is 0 Å². The monoisotopic (exact) mass is 361 g/mol. The van der Waals surface area contributed by atoms with Crippen LogP contribution in [0.3, 0.4) is 0 Å². The Morgan fingerprint density at radius 1 is 1.33 bits per heavy atom. The third kappa shape index (κ3) is 2.93. The molecule has 1 aromatic carbocycles. The molecule has 1 heterocycles. The molecule has 1 aliphatic heterocycles. The zero-order valence-corrected chi connectivity index (χ0v) is 13.7. The van der Waals surface area contributed by atoms with Crippen LogP contribution in [0.4, 0.5) is 13.2 Å². The SMILES string of the molecule is C=CCN1CC[C@H]2c3cccc(OS(=O)(=O)C(F)(F)F)c3CC[C@@H]21.